The van der Waals surface area contributed by atoms with Crippen LogP contribution in [-0.2, 0) is 23.8 Å². The molecule has 318 valence electrons. The molecular weight excluding hydrogens is 693 g/mol. The second-order valence-electron chi connectivity index (χ2n) is 15.4. The molecular formula is C46H82N2O7. The Morgan fingerprint density at radius 2 is 1.05 bits per heavy atom. The highest BCUT2D eigenvalue weighted by Crippen LogP contribution is 2.15. The smallest absolute Gasteiger partial charge is 0.409 e. The number of esters is 2. The summed E-state index contributed by atoms with van der Waals surface area (Å²) in [7, 11) is 1.68. The van der Waals surface area contributed by atoms with Gasteiger partial charge in [-0.2, -0.15) is 0 Å². The molecule has 0 aromatic rings. The van der Waals surface area contributed by atoms with Crippen LogP contribution < -0.4 is 0 Å². The van der Waals surface area contributed by atoms with Gasteiger partial charge in [-0.25, -0.2) is 4.79 Å². The zero-order chi connectivity index (χ0) is 40.0. The Hall–Kier alpha value is -2.65. The van der Waals surface area contributed by atoms with E-state index in [1.165, 1.54) is 81.9 Å². The number of carbonyl (C=O) groups excluding carboxylic acids is 3. The van der Waals surface area contributed by atoms with Gasteiger partial charge in [0.1, 0.15) is 13.2 Å². The summed E-state index contributed by atoms with van der Waals surface area (Å²) in [5.74, 6) is -0.693. The van der Waals surface area contributed by atoms with E-state index in [0.29, 0.717) is 26.1 Å². The van der Waals surface area contributed by atoms with Gasteiger partial charge in [-0.3, -0.25) is 14.5 Å². The minimum atomic E-state index is -0.853. The SMILES string of the molecule is CCCCC/C=C\C/C=C\CCCCCCCC(=O)OCC(COC(=O)N(C)C1CN(CCO)C1)OC(=O)CCCCCCC/C=C\CCCCCCCC. The zero-order valence-corrected chi connectivity index (χ0v) is 35.5. The number of allylic oxidation sites excluding steroid dienone is 6. The molecule has 0 aliphatic carbocycles. The van der Waals surface area contributed by atoms with E-state index in [2.05, 4.69) is 55.2 Å². The monoisotopic (exact) mass is 775 g/mol. The lowest BCUT2D eigenvalue weighted by Crippen LogP contribution is -2.60. The maximum absolute atomic E-state index is 12.7. The van der Waals surface area contributed by atoms with Crippen LogP contribution in [0.4, 0.5) is 4.79 Å². The number of hydrogen-bond donors (Lipinski definition) is 1. The van der Waals surface area contributed by atoms with Crippen LogP contribution in [0.2, 0.25) is 0 Å². The summed E-state index contributed by atoms with van der Waals surface area (Å²) in [4.78, 5) is 41.6. The van der Waals surface area contributed by atoms with Gasteiger partial charge in [-0.05, 0) is 70.6 Å². The lowest BCUT2D eigenvalue weighted by atomic mass is 10.1. The largest absolute Gasteiger partial charge is 0.462 e. The second kappa shape index (κ2) is 37.0. The Kier molecular flexibility index (Phi) is 33.8. The van der Waals surface area contributed by atoms with Crippen LogP contribution in [-0.4, -0.2) is 91.6 Å². The number of β-amino-alcohol motifs (C(OH)–C–C–N with tert-alkyl or cyclic N) is 1. The molecule has 1 aliphatic rings. The van der Waals surface area contributed by atoms with E-state index in [0.717, 1.165) is 77.0 Å². The lowest BCUT2D eigenvalue weighted by molar-refractivity contribution is -0.161. The molecule has 1 aliphatic heterocycles. The van der Waals surface area contributed by atoms with Crippen LogP contribution in [0.15, 0.2) is 36.5 Å². The predicted octanol–water partition coefficient (Wildman–Crippen LogP) is 11.0. The molecule has 0 aromatic carbocycles. The molecule has 1 amide bonds. The molecule has 0 saturated carbocycles. The van der Waals surface area contributed by atoms with Crippen LogP contribution in [0.3, 0.4) is 0 Å². The fourth-order valence-electron chi connectivity index (χ4n) is 6.57. The molecule has 55 heavy (non-hydrogen) atoms. The minimum Gasteiger partial charge on any atom is -0.462 e. The summed E-state index contributed by atoms with van der Waals surface area (Å²) < 4.78 is 16.7. The number of likely N-dealkylation sites (tertiary alicyclic amines) is 1. The average Bonchev–Trinajstić information content (AvgIpc) is 3.16. The number of aliphatic hydroxyl groups excluding tert-OH is 1. The highest BCUT2D eigenvalue weighted by atomic mass is 16.6. The third kappa shape index (κ3) is 30.2. The fourth-order valence-corrected chi connectivity index (χ4v) is 6.57. The molecule has 1 unspecified atom stereocenters. The summed E-state index contributed by atoms with van der Waals surface area (Å²) in [5.41, 5.74) is 0. The van der Waals surface area contributed by atoms with E-state index in [4.69, 9.17) is 19.3 Å². The Bertz CT molecular complexity index is 1020. The first-order valence-electron chi connectivity index (χ1n) is 22.4. The average molecular weight is 775 g/mol. The lowest BCUT2D eigenvalue weighted by Gasteiger charge is -2.43. The minimum absolute atomic E-state index is 0.00259. The molecule has 1 saturated heterocycles. The number of likely N-dealkylation sites (N-methyl/N-ethyl adjacent to an activating group) is 1. The van der Waals surface area contributed by atoms with E-state index < -0.39 is 12.2 Å². The first kappa shape index (κ1) is 50.4. The van der Waals surface area contributed by atoms with Crippen molar-refractivity contribution >= 4 is 18.0 Å². The first-order valence-corrected chi connectivity index (χ1v) is 22.4. The molecule has 9 heteroatoms. The van der Waals surface area contributed by atoms with Crippen molar-refractivity contribution in [1.82, 2.24) is 9.80 Å². The quantitative estimate of drug-likeness (QED) is 0.0288. The highest BCUT2D eigenvalue weighted by Gasteiger charge is 2.33. The van der Waals surface area contributed by atoms with Crippen LogP contribution >= 0.6 is 0 Å². The van der Waals surface area contributed by atoms with Gasteiger partial charge >= 0.3 is 18.0 Å². The number of rotatable bonds is 37. The number of hydrogen-bond acceptors (Lipinski definition) is 8. The van der Waals surface area contributed by atoms with Crippen molar-refractivity contribution in [3.05, 3.63) is 36.5 Å². The summed E-state index contributed by atoms with van der Waals surface area (Å²) >= 11 is 0. The zero-order valence-electron chi connectivity index (χ0n) is 35.5. The maximum atomic E-state index is 12.7. The molecule has 0 radical (unpaired) electrons. The molecule has 1 rings (SSSR count). The van der Waals surface area contributed by atoms with Crippen molar-refractivity contribution in [2.75, 3.05) is 46.5 Å². The summed E-state index contributed by atoms with van der Waals surface area (Å²) in [6, 6.07) is 0.00259. The number of unbranched alkanes of at least 4 members (excludes halogenated alkanes) is 19. The summed E-state index contributed by atoms with van der Waals surface area (Å²) in [6.45, 7) is 6.18. The van der Waals surface area contributed by atoms with Crippen LogP contribution in [0.25, 0.3) is 0 Å². The van der Waals surface area contributed by atoms with Gasteiger partial charge in [-0.1, -0.05) is 134 Å². The molecule has 0 spiro atoms. The molecule has 1 N–H and O–H groups in total. The number of nitrogens with zero attached hydrogens (tertiary/aromatic N) is 2. The molecule has 0 bridgehead atoms. The number of aliphatic hydroxyl groups is 1. The van der Waals surface area contributed by atoms with E-state index in [1.807, 2.05) is 0 Å². The van der Waals surface area contributed by atoms with Gasteiger partial charge in [-0.15, -0.1) is 0 Å². The van der Waals surface area contributed by atoms with Crippen molar-refractivity contribution in [2.45, 2.75) is 193 Å². The van der Waals surface area contributed by atoms with Crippen LogP contribution in [0.5, 0.6) is 0 Å². The molecule has 1 heterocycles. The van der Waals surface area contributed by atoms with Gasteiger partial charge in [0.25, 0.3) is 0 Å². The summed E-state index contributed by atoms with van der Waals surface area (Å²) in [5, 5.41) is 9.13. The predicted molar refractivity (Wildman–Crippen MR) is 226 cm³/mol. The Morgan fingerprint density at radius 3 is 1.60 bits per heavy atom. The molecule has 9 nitrogen and oxygen atoms in total. The third-order valence-corrected chi connectivity index (χ3v) is 10.3. The summed E-state index contributed by atoms with van der Waals surface area (Å²) in [6.07, 6.45) is 40.6. The molecule has 1 atom stereocenters. The van der Waals surface area contributed by atoms with Crippen molar-refractivity contribution in [1.29, 1.82) is 0 Å². The first-order chi connectivity index (χ1) is 26.9. The fraction of sp³-hybridized carbons (Fsp3) is 0.804. The standard InChI is InChI=1S/C46H82N2O7/c1-4-6-8-10-12-14-16-18-20-22-24-26-28-30-32-34-44(50)53-40-43(41-54-46(52)47(3)42-38-48(39-42)36-37-49)55-45(51)35-33-31-29-27-25-23-21-19-17-15-13-11-9-7-5-2/h12,14,18-21,42-43,49H,4-11,13,15-17,22-41H2,1-3H3/b14-12-,20-18-,21-19-. The van der Waals surface area contributed by atoms with Crippen molar-refractivity contribution < 1.29 is 33.7 Å². The van der Waals surface area contributed by atoms with E-state index in [9.17, 15) is 14.4 Å². The molecule has 0 aromatic heterocycles. The van der Waals surface area contributed by atoms with E-state index in [1.54, 1.807) is 7.05 Å². The number of amides is 1. The second-order valence-corrected chi connectivity index (χ2v) is 15.4. The Labute approximate surface area is 336 Å². The van der Waals surface area contributed by atoms with Gasteiger partial charge in [0, 0.05) is 39.5 Å². The normalized spacial score (nSPS) is 14.2. The van der Waals surface area contributed by atoms with Crippen LogP contribution in [0, 0.1) is 0 Å². The van der Waals surface area contributed by atoms with Crippen molar-refractivity contribution in [3.8, 4) is 0 Å². The van der Waals surface area contributed by atoms with Crippen LogP contribution in [0.1, 0.15) is 181 Å². The van der Waals surface area contributed by atoms with Crippen molar-refractivity contribution in [3.63, 3.8) is 0 Å². The van der Waals surface area contributed by atoms with Gasteiger partial charge in [0.15, 0.2) is 6.10 Å². The van der Waals surface area contributed by atoms with Crippen molar-refractivity contribution in [2.24, 2.45) is 0 Å². The van der Waals surface area contributed by atoms with E-state index in [-0.39, 0.29) is 44.2 Å². The topological polar surface area (TPSA) is 106 Å². The third-order valence-electron chi connectivity index (χ3n) is 10.3. The van der Waals surface area contributed by atoms with E-state index >= 15 is 0 Å². The Balaban J connectivity index is 2.31. The van der Waals surface area contributed by atoms with Gasteiger partial charge in [0.2, 0.25) is 0 Å². The van der Waals surface area contributed by atoms with Gasteiger partial charge < -0.3 is 24.2 Å². The number of carbonyl (C=O) groups is 3. The molecule has 1 fully saturated rings. The van der Waals surface area contributed by atoms with Gasteiger partial charge in [0.05, 0.1) is 12.6 Å². The number of ether oxygens (including phenoxy) is 3. The highest BCUT2D eigenvalue weighted by molar-refractivity contribution is 5.70. The Morgan fingerprint density at radius 1 is 0.618 bits per heavy atom. The maximum Gasteiger partial charge on any atom is 0.409 e.